The first-order valence-corrected chi connectivity index (χ1v) is 9.02. The van der Waals surface area contributed by atoms with E-state index in [1.165, 1.54) is 32.1 Å². The molecule has 0 bridgehead atoms. The van der Waals surface area contributed by atoms with E-state index in [0.717, 1.165) is 23.6 Å². The number of benzene rings is 1. The van der Waals surface area contributed by atoms with Crippen LogP contribution in [0.15, 0.2) is 18.2 Å². The van der Waals surface area contributed by atoms with Crippen LogP contribution in [0.3, 0.4) is 0 Å². The minimum absolute atomic E-state index is 0.180. The highest BCUT2D eigenvalue weighted by molar-refractivity contribution is 5.48. The normalized spacial score (nSPS) is 17.3. The van der Waals surface area contributed by atoms with Crippen LogP contribution in [-0.2, 0) is 0 Å². The van der Waals surface area contributed by atoms with Crippen LogP contribution in [0.1, 0.15) is 57.6 Å². The molecular weight excluding hydrogens is 288 g/mol. The van der Waals surface area contributed by atoms with Crippen molar-refractivity contribution in [2.45, 2.75) is 58.0 Å². The van der Waals surface area contributed by atoms with E-state index in [-0.39, 0.29) is 6.04 Å². The van der Waals surface area contributed by atoms with E-state index in [1.54, 1.807) is 7.11 Å². The van der Waals surface area contributed by atoms with E-state index in [0.29, 0.717) is 19.2 Å². The molecule has 0 aromatic heterocycles. The first-order valence-electron chi connectivity index (χ1n) is 9.02. The predicted molar refractivity (Wildman–Crippen MR) is 95.2 cm³/mol. The molecule has 1 unspecified atom stereocenters. The van der Waals surface area contributed by atoms with Crippen LogP contribution in [0.4, 0.5) is 0 Å². The van der Waals surface area contributed by atoms with E-state index in [1.807, 2.05) is 19.1 Å². The second-order valence-electron chi connectivity index (χ2n) is 6.19. The number of ether oxygens (including phenoxy) is 2. The van der Waals surface area contributed by atoms with Crippen LogP contribution >= 0.6 is 0 Å². The summed E-state index contributed by atoms with van der Waals surface area (Å²) in [7, 11) is 1.69. The van der Waals surface area contributed by atoms with E-state index in [4.69, 9.17) is 15.2 Å². The average molecular weight is 320 g/mol. The molecule has 0 saturated heterocycles. The summed E-state index contributed by atoms with van der Waals surface area (Å²) in [5.74, 6) is 1.64. The number of likely N-dealkylation sites (N-methyl/N-ethyl adjacent to an activating group) is 1. The summed E-state index contributed by atoms with van der Waals surface area (Å²) >= 11 is 0. The van der Waals surface area contributed by atoms with Gasteiger partial charge in [-0.2, -0.15) is 0 Å². The highest BCUT2D eigenvalue weighted by Gasteiger charge is 2.29. The van der Waals surface area contributed by atoms with Crippen molar-refractivity contribution < 1.29 is 9.47 Å². The third kappa shape index (κ3) is 4.18. The van der Waals surface area contributed by atoms with Crippen LogP contribution in [0.25, 0.3) is 0 Å². The summed E-state index contributed by atoms with van der Waals surface area (Å²) in [6.45, 7) is 6.47. The molecule has 1 aliphatic rings. The van der Waals surface area contributed by atoms with Crippen molar-refractivity contribution in [3.05, 3.63) is 23.8 Å². The third-order valence-corrected chi connectivity index (χ3v) is 4.91. The molecule has 1 fully saturated rings. The lowest BCUT2D eigenvalue weighted by Gasteiger charge is -2.39. The molecular formula is C19H32N2O2. The van der Waals surface area contributed by atoms with Gasteiger partial charge in [0.15, 0.2) is 11.5 Å². The van der Waals surface area contributed by atoms with Crippen LogP contribution < -0.4 is 15.2 Å². The standard InChI is InChI=1S/C19H32N2O2/c1-4-21(15-10-7-6-8-11-15)17(14-20)16-12-9-13-18(22-3)19(16)23-5-2/h9,12-13,15,17H,4-8,10-11,14,20H2,1-3H3. The van der Waals surface area contributed by atoms with E-state index < -0.39 is 0 Å². The fourth-order valence-electron chi connectivity index (χ4n) is 3.84. The molecule has 4 heteroatoms. The zero-order valence-corrected chi connectivity index (χ0v) is 14.9. The van der Waals surface area contributed by atoms with Gasteiger partial charge in [-0.1, -0.05) is 38.3 Å². The van der Waals surface area contributed by atoms with Crippen LogP contribution in [0.2, 0.25) is 0 Å². The van der Waals surface area contributed by atoms with Gasteiger partial charge in [-0.15, -0.1) is 0 Å². The minimum Gasteiger partial charge on any atom is -0.493 e. The Morgan fingerprint density at radius 1 is 1.22 bits per heavy atom. The number of nitrogens with two attached hydrogens (primary N) is 1. The highest BCUT2D eigenvalue weighted by Crippen LogP contribution is 2.38. The van der Waals surface area contributed by atoms with Gasteiger partial charge in [-0.3, -0.25) is 4.90 Å². The molecule has 4 nitrogen and oxygen atoms in total. The van der Waals surface area contributed by atoms with Gasteiger partial charge in [0.25, 0.3) is 0 Å². The van der Waals surface area contributed by atoms with Crippen molar-refractivity contribution in [2.75, 3.05) is 26.8 Å². The van der Waals surface area contributed by atoms with Gasteiger partial charge in [-0.05, 0) is 32.4 Å². The van der Waals surface area contributed by atoms with Gasteiger partial charge < -0.3 is 15.2 Å². The fourth-order valence-corrected chi connectivity index (χ4v) is 3.84. The molecule has 130 valence electrons. The summed E-state index contributed by atoms with van der Waals surface area (Å²) < 4.78 is 11.4. The largest absolute Gasteiger partial charge is 0.493 e. The van der Waals surface area contributed by atoms with Crippen LogP contribution in [-0.4, -0.2) is 37.7 Å². The lowest BCUT2D eigenvalue weighted by Crippen LogP contribution is -2.42. The van der Waals surface area contributed by atoms with Crippen molar-refractivity contribution >= 4 is 0 Å². The Bertz CT molecular complexity index is 472. The SMILES string of the molecule is CCOc1c(OC)cccc1C(CN)N(CC)C1CCCCC1. The smallest absolute Gasteiger partial charge is 0.165 e. The molecule has 1 aromatic rings. The first kappa shape index (κ1) is 18.1. The van der Waals surface area contributed by atoms with E-state index in [9.17, 15) is 0 Å². The number of para-hydroxylation sites is 1. The van der Waals surface area contributed by atoms with Gasteiger partial charge >= 0.3 is 0 Å². The maximum atomic E-state index is 6.21. The lowest BCUT2D eigenvalue weighted by atomic mass is 9.91. The monoisotopic (exact) mass is 320 g/mol. The number of methoxy groups -OCH3 is 1. The van der Waals surface area contributed by atoms with Crippen molar-refractivity contribution in [3.63, 3.8) is 0 Å². The summed E-state index contributed by atoms with van der Waals surface area (Å²) in [4.78, 5) is 2.57. The Balaban J connectivity index is 2.34. The number of hydrogen-bond donors (Lipinski definition) is 1. The summed E-state index contributed by atoms with van der Waals surface area (Å²) in [5, 5.41) is 0. The molecule has 2 rings (SSSR count). The van der Waals surface area contributed by atoms with Gasteiger partial charge in [0.05, 0.1) is 19.8 Å². The minimum atomic E-state index is 0.180. The molecule has 0 spiro atoms. The summed E-state index contributed by atoms with van der Waals surface area (Å²) in [6.07, 6.45) is 6.57. The van der Waals surface area contributed by atoms with Crippen molar-refractivity contribution in [3.8, 4) is 11.5 Å². The first-order chi connectivity index (χ1) is 11.3. The maximum absolute atomic E-state index is 6.21. The predicted octanol–water partition coefficient (Wildman–Crippen LogP) is 3.75. The molecule has 0 radical (unpaired) electrons. The molecule has 0 amide bonds. The third-order valence-electron chi connectivity index (χ3n) is 4.91. The molecule has 1 atom stereocenters. The quantitative estimate of drug-likeness (QED) is 0.792. The van der Waals surface area contributed by atoms with Gasteiger partial charge in [-0.25, -0.2) is 0 Å². The van der Waals surface area contributed by atoms with Crippen molar-refractivity contribution in [1.82, 2.24) is 4.90 Å². The van der Waals surface area contributed by atoms with Gasteiger partial charge in [0.1, 0.15) is 0 Å². The summed E-state index contributed by atoms with van der Waals surface area (Å²) in [5.41, 5.74) is 7.36. The molecule has 1 aliphatic carbocycles. The Labute approximate surface area is 140 Å². The lowest BCUT2D eigenvalue weighted by molar-refractivity contribution is 0.111. The number of nitrogens with zero attached hydrogens (tertiary/aromatic N) is 1. The van der Waals surface area contributed by atoms with Crippen molar-refractivity contribution in [1.29, 1.82) is 0 Å². The zero-order chi connectivity index (χ0) is 16.7. The maximum Gasteiger partial charge on any atom is 0.165 e. The Hall–Kier alpha value is -1.26. The van der Waals surface area contributed by atoms with Crippen molar-refractivity contribution in [2.24, 2.45) is 5.73 Å². The topological polar surface area (TPSA) is 47.7 Å². The molecule has 2 N–H and O–H groups in total. The Morgan fingerprint density at radius 2 is 1.96 bits per heavy atom. The van der Waals surface area contributed by atoms with Crippen LogP contribution in [0, 0.1) is 0 Å². The Morgan fingerprint density at radius 3 is 2.52 bits per heavy atom. The number of rotatable bonds is 8. The molecule has 23 heavy (non-hydrogen) atoms. The zero-order valence-electron chi connectivity index (χ0n) is 14.9. The van der Waals surface area contributed by atoms with Gasteiger partial charge in [0, 0.05) is 18.2 Å². The summed E-state index contributed by atoms with van der Waals surface area (Å²) in [6, 6.07) is 6.94. The highest BCUT2D eigenvalue weighted by atomic mass is 16.5. The molecule has 1 aromatic carbocycles. The molecule has 0 heterocycles. The molecule has 1 saturated carbocycles. The molecule has 0 aliphatic heterocycles. The van der Waals surface area contributed by atoms with E-state index in [2.05, 4.69) is 17.9 Å². The average Bonchev–Trinajstić information content (AvgIpc) is 2.61. The number of hydrogen-bond acceptors (Lipinski definition) is 4. The van der Waals surface area contributed by atoms with E-state index >= 15 is 0 Å². The van der Waals surface area contributed by atoms with Gasteiger partial charge in [0.2, 0.25) is 0 Å². The Kier molecular flexibility index (Phi) is 7.18. The fraction of sp³-hybridized carbons (Fsp3) is 0.684. The second kappa shape index (κ2) is 9.14. The second-order valence-corrected chi connectivity index (χ2v) is 6.19. The van der Waals surface area contributed by atoms with Crippen LogP contribution in [0.5, 0.6) is 11.5 Å².